The molecular weight excluding hydrogens is 198 g/mol. The third-order valence-electron chi connectivity index (χ3n) is 3.75. The Morgan fingerprint density at radius 3 is 2.38 bits per heavy atom. The average Bonchev–Trinajstić information content (AvgIpc) is 2.21. The van der Waals surface area contributed by atoms with Gasteiger partial charge in [0.05, 0.1) is 5.60 Å². The SMILES string of the molecule is CCCN1CCC(O)(CCCC(C)C)CC1. The minimum absolute atomic E-state index is 0.348. The molecule has 0 aliphatic carbocycles. The normalized spacial score (nSPS) is 21.6. The Labute approximate surface area is 101 Å². The molecule has 16 heavy (non-hydrogen) atoms. The zero-order chi connectivity index (χ0) is 12.0. The van der Waals surface area contributed by atoms with Crippen LogP contribution in [0.25, 0.3) is 0 Å². The number of aliphatic hydroxyl groups is 1. The van der Waals surface area contributed by atoms with E-state index in [1.54, 1.807) is 0 Å². The monoisotopic (exact) mass is 227 g/mol. The summed E-state index contributed by atoms with van der Waals surface area (Å²) in [5.41, 5.74) is -0.348. The Bertz CT molecular complexity index is 183. The van der Waals surface area contributed by atoms with Crippen molar-refractivity contribution in [1.29, 1.82) is 0 Å². The summed E-state index contributed by atoms with van der Waals surface area (Å²) in [6.07, 6.45) is 6.62. The van der Waals surface area contributed by atoms with Crippen molar-refractivity contribution in [1.82, 2.24) is 4.90 Å². The van der Waals surface area contributed by atoms with E-state index < -0.39 is 0 Å². The van der Waals surface area contributed by atoms with Gasteiger partial charge in [0.25, 0.3) is 0 Å². The Morgan fingerprint density at radius 2 is 1.88 bits per heavy atom. The summed E-state index contributed by atoms with van der Waals surface area (Å²) in [4.78, 5) is 2.48. The highest BCUT2D eigenvalue weighted by Gasteiger charge is 2.31. The van der Waals surface area contributed by atoms with Gasteiger partial charge in [-0.05, 0) is 38.1 Å². The predicted octanol–water partition coefficient (Wildman–Crippen LogP) is 3.05. The van der Waals surface area contributed by atoms with Gasteiger partial charge in [0.1, 0.15) is 0 Å². The number of nitrogens with zero attached hydrogens (tertiary/aromatic N) is 1. The van der Waals surface area contributed by atoms with Crippen molar-refractivity contribution >= 4 is 0 Å². The van der Waals surface area contributed by atoms with Crippen LogP contribution in [0.1, 0.15) is 59.3 Å². The van der Waals surface area contributed by atoms with E-state index in [-0.39, 0.29) is 5.60 Å². The van der Waals surface area contributed by atoms with E-state index in [4.69, 9.17) is 0 Å². The third kappa shape index (κ3) is 4.84. The molecule has 0 radical (unpaired) electrons. The zero-order valence-corrected chi connectivity index (χ0v) is 11.3. The second kappa shape index (κ2) is 6.61. The van der Waals surface area contributed by atoms with Crippen molar-refractivity contribution in [3.05, 3.63) is 0 Å². The zero-order valence-electron chi connectivity index (χ0n) is 11.3. The van der Waals surface area contributed by atoms with Gasteiger partial charge in [-0.15, -0.1) is 0 Å². The van der Waals surface area contributed by atoms with Crippen molar-refractivity contribution in [2.24, 2.45) is 5.92 Å². The lowest BCUT2D eigenvalue weighted by Gasteiger charge is -2.38. The largest absolute Gasteiger partial charge is 0.390 e. The fourth-order valence-electron chi connectivity index (χ4n) is 2.60. The number of rotatable bonds is 6. The van der Waals surface area contributed by atoms with E-state index in [0.717, 1.165) is 38.3 Å². The maximum absolute atomic E-state index is 10.4. The minimum atomic E-state index is -0.348. The number of hydrogen-bond donors (Lipinski definition) is 1. The second-order valence-electron chi connectivity index (χ2n) is 5.85. The van der Waals surface area contributed by atoms with Crippen LogP contribution in [0.2, 0.25) is 0 Å². The highest BCUT2D eigenvalue weighted by Crippen LogP contribution is 2.28. The maximum atomic E-state index is 10.4. The van der Waals surface area contributed by atoms with Gasteiger partial charge in [0, 0.05) is 13.1 Å². The molecule has 1 saturated heterocycles. The van der Waals surface area contributed by atoms with E-state index in [0.29, 0.717) is 0 Å². The molecule has 2 nitrogen and oxygen atoms in total. The van der Waals surface area contributed by atoms with Crippen LogP contribution >= 0.6 is 0 Å². The Balaban J connectivity index is 2.21. The number of likely N-dealkylation sites (tertiary alicyclic amines) is 1. The van der Waals surface area contributed by atoms with Crippen molar-refractivity contribution < 1.29 is 5.11 Å². The lowest BCUT2D eigenvalue weighted by atomic mass is 9.85. The topological polar surface area (TPSA) is 23.5 Å². The van der Waals surface area contributed by atoms with Crippen LogP contribution in [0.3, 0.4) is 0 Å². The molecule has 96 valence electrons. The van der Waals surface area contributed by atoms with Gasteiger partial charge in [0.15, 0.2) is 0 Å². The molecule has 1 rings (SSSR count). The summed E-state index contributed by atoms with van der Waals surface area (Å²) in [5, 5.41) is 10.4. The molecule has 0 bridgehead atoms. The molecule has 2 heteroatoms. The summed E-state index contributed by atoms with van der Waals surface area (Å²) in [7, 11) is 0. The first kappa shape index (κ1) is 14.0. The fraction of sp³-hybridized carbons (Fsp3) is 1.00. The van der Waals surface area contributed by atoms with E-state index >= 15 is 0 Å². The molecule has 0 amide bonds. The van der Waals surface area contributed by atoms with Crippen molar-refractivity contribution in [2.75, 3.05) is 19.6 Å². The molecule has 0 aromatic heterocycles. The lowest BCUT2D eigenvalue weighted by molar-refractivity contribution is -0.0295. The molecule has 1 N–H and O–H groups in total. The first-order valence-electron chi connectivity index (χ1n) is 7.00. The van der Waals surface area contributed by atoms with Crippen molar-refractivity contribution in [2.45, 2.75) is 64.9 Å². The van der Waals surface area contributed by atoms with Gasteiger partial charge < -0.3 is 10.0 Å². The first-order chi connectivity index (χ1) is 7.56. The van der Waals surface area contributed by atoms with Crippen LogP contribution < -0.4 is 0 Å². The van der Waals surface area contributed by atoms with Crippen LogP contribution in [0, 0.1) is 5.92 Å². The molecular formula is C14H29NO. The molecule has 1 heterocycles. The van der Waals surface area contributed by atoms with Gasteiger partial charge in [-0.25, -0.2) is 0 Å². The summed E-state index contributed by atoms with van der Waals surface area (Å²) in [6, 6.07) is 0. The van der Waals surface area contributed by atoms with Gasteiger partial charge in [-0.1, -0.05) is 33.6 Å². The minimum Gasteiger partial charge on any atom is -0.390 e. The second-order valence-corrected chi connectivity index (χ2v) is 5.85. The maximum Gasteiger partial charge on any atom is 0.0672 e. The van der Waals surface area contributed by atoms with E-state index in [2.05, 4.69) is 25.7 Å². The summed E-state index contributed by atoms with van der Waals surface area (Å²) in [6.45, 7) is 10.1. The van der Waals surface area contributed by atoms with Crippen LogP contribution in [-0.2, 0) is 0 Å². The standard InChI is InChI=1S/C14H29NO/c1-4-10-15-11-8-14(16,9-12-15)7-5-6-13(2)3/h13,16H,4-12H2,1-3H3. The fourth-order valence-corrected chi connectivity index (χ4v) is 2.60. The van der Waals surface area contributed by atoms with Crippen LogP contribution in [0.4, 0.5) is 0 Å². The molecule has 0 saturated carbocycles. The quantitative estimate of drug-likeness (QED) is 0.754. The van der Waals surface area contributed by atoms with Crippen molar-refractivity contribution in [3.63, 3.8) is 0 Å². The highest BCUT2D eigenvalue weighted by atomic mass is 16.3. The molecule has 0 spiro atoms. The molecule has 0 unspecified atom stereocenters. The molecule has 0 aromatic carbocycles. The van der Waals surface area contributed by atoms with Gasteiger partial charge in [-0.3, -0.25) is 0 Å². The first-order valence-corrected chi connectivity index (χ1v) is 7.00. The van der Waals surface area contributed by atoms with Crippen molar-refractivity contribution in [3.8, 4) is 0 Å². The van der Waals surface area contributed by atoms with Crippen LogP contribution in [0.15, 0.2) is 0 Å². The Kier molecular flexibility index (Phi) is 5.77. The third-order valence-corrected chi connectivity index (χ3v) is 3.75. The molecule has 0 atom stereocenters. The lowest BCUT2D eigenvalue weighted by Crippen LogP contribution is -2.44. The molecule has 1 fully saturated rings. The van der Waals surface area contributed by atoms with Gasteiger partial charge in [-0.2, -0.15) is 0 Å². The van der Waals surface area contributed by atoms with Crippen LogP contribution in [0.5, 0.6) is 0 Å². The Morgan fingerprint density at radius 1 is 1.25 bits per heavy atom. The van der Waals surface area contributed by atoms with Gasteiger partial charge in [0.2, 0.25) is 0 Å². The van der Waals surface area contributed by atoms with E-state index in [1.165, 1.54) is 25.8 Å². The highest BCUT2D eigenvalue weighted by molar-refractivity contribution is 4.85. The molecule has 1 aliphatic heterocycles. The average molecular weight is 227 g/mol. The van der Waals surface area contributed by atoms with Crippen LogP contribution in [-0.4, -0.2) is 35.2 Å². The summed E-state index contributed by atoms with van der Waals surface area (Å²) in [5.74, 6) is 0.767. The molecule has 0 aromatic rings. The Hall–Kier alpha value is -0.0800. The molecule has 1 aliphatic rings. The number of hydrogen-bond acceptors (Lipinski definition) is 2. The summed E-state index contributed by atoms with van der Waals surface area (Å²) < 4.78 is 0. The smallest absolute Gasteiger partial charge is 0.0672 e. The van der Waals surface area contributed by atoms with Gasteiger partial charge >= 0.3 is 0 Å². The summed E-state index contributed by atoms with van der Waals surface area (Å²) >= 11 is 0. The van der Waals surface area contributed by atoms with E-state index in [1.807, 2.05) is 0 Å². The predicted molar refractivity (Wildman–Crippen MR) is 69.6 cm³/mol. The number of piperidine rings is 1. The van der Waals surface area contributed by atoms with E-state index in [9.17, 15) is 5.11 Å².